The standard InChI is InChI=1S/C17H19N3O3/c1-20(15(17(22)23)9-11-5-3-2-4-6-11)16(21)14-10-13(18-19-14)12-7-8-12/h2-6,10,12,15H,7-9H2,1H3,(H,18,19)(H,22,23). The summed E-state index contributed by atoms with van der Waals surface area (Å²) in [5, 5.41) is 16.4. The second kappa shape index (κ2) is 6.24. The van der Waals surface area contributed by atoms with Gasteiger partial charge in [0.15, 0.2) is 0 Å². The highest BCUT2D eigenvalue weighted by Crippen LogP contribution is 2.39. The predicted octanol–water partition coefficient (Wildman–Crippen LogP) is 2.06. The zero-order valence-corrected chi connectivity index (χ0v) is 12.9. The van der Waals surface area contributed by atoms with Crippen molar-refractivity contribution in [1.29, 1.82) is 0 Å². The van der Waals surface area contributed by atoms with Gasteiger partial charge in [-0.05, 0) is 24.5 Å². The van der Waals surface area contributed by atoms with Gasteiger partial charge in [0.25, 0.3) is 5.91 Å². The maximum absolute atomic E-state index is 12.5. The molecule has 1 aromatic heterocycles. The number of H-pyrrole nitrogens is 1. The number of nitrogens with one attached hydrogen (secondary N) is 1. The first-order chi connectivity index (χ1) is 11.1. The molecule has 2 N–H and O–H groups in total. The van der Waals surface area contributed by atoms with Crippen molar-refractivity contribution < 1.29 is 14.7 Å². The van der Waals surface area contributed by atoms with Gasteiger partial charge in [-0.25, -0.2) is 4.79 Å². The Bertz CT molecular complexity index is 707. The Balaban J connectivity index is 1.75. The minimum absolute atomic E-state index is 0.262. The van der Waals surface area contributed by atoms with E-state index in [4.69, 9.17) is 0 Å². The number of aliphatic carboxylic acids is 1. The van der Waals surface area contributed by atoms with Crippen molar-refractivity contribution in [2.24, 2.45) is 0 Å². The van der Waals surface area contributed by atoms with E-state index in [1.807, 2.05) is 30.3 Å². The largest absolute Gasteiger partial charge is 0.480 e. The number of rotatable bonds is 6. The summed E-state index contributed by atoms with van der Waals surface area (Å²) < 4.78 is 0. The fraction of sp³-hybridized carbons (Fsp3) is 0.353. The van der Waals surface area contributed by atoms with E-state index in [9.17, 15) is 14.7 Å². The van der Waals surface area contributed by atoms with Crippen molar-refractivity contribution in [3.8, 4) is 0 Å². The van der Waals surface area contributed by atoms with Crippen LogP contribution >= 0.6 is 0 Å². The van der Waals surface area contributed by atoms with Gasteiger partial charge in [0, 0.05) is 25.1 Å². The Morgan fingerprint density at radius 2 is 2.04 bits per heavy atom. The third-order valence-corrected chi connectivity index (χ3v) is 4.18. The number of carboxylic acid groups (broad SMARTS) is 1. The lowest BCUT2D eigenvalue weighted by Crippen LogP contribution is -2.44. The van der Waals surface area contributed by atoms with Crippen LogP contribution in [0.1, 0.15) is 40.5 Å². The molecular formula is C17H19N3O3. The van der Waals surface area contributed by atoms with Gasteiger partial charge in [-0.15, -0.1) is 0 Å². The molecule has 1 aromatic carbocycles. The summed E-state index contributed by atoms with van der Waals surface area (Å²) in [6.07, 6.45) is 2.48. The maximum atomic E-state index is 12.5. The SMILES string of the molecule is CN(C(=O)c1cc(C2CC2)[nH]n1)C(Cc1ccccc1)C(=O)O. The topological polar surface area (TPSA) is 86.3 Å². The number of amides is 1. The summed E-state index contributed by atoms with van der Waals surface area (Å²) in [6.45, 7) is 0. The number of nitrogens with zero attached hydrogens (tertiary/aromatic N) is 2. The quantitative estimate of drug-likeness (QED) is 0.854. The smallest absolute Gasteiger partial charge is 0.326 e. The highest BCUT2D eigenvalue weighted by molar-refractivity contribution is 5.95. The summed E-state index contributed by atoms with van der Waals surface area (Å²) in [6, 6.07) is 10.1. The predicted molar refractivity (Wildman–Crippen MR) is 84.2 cm³/mol. The second-order valence-corrected chi connectivity index (χ2v) is 5.94. The second-order valence-electron chi connectivity index (χ2n) is 5.94. The number of likely N-dealkylation sites (N-methyl/N-ethyl adjacent to an activating group) is 1. The Morgan fingerprint density at radius 3 is 2.65 bits per heavy atom. The van der Waals surface area contributed by atoms with Gasteiger partial charge in [0.2, 0.25) is 0 Å². The molecule has 3 rings (SSSR count). The van der Waals surface area contributed by atoms with E-state index in [0.29, 0.717) is 5.92 Å². The average molecular weight is 313 g/mol. The molecule has 0 saturated heterocycles. The molecule has 0 aliphatic heterocycles. The van der Waals surface area contributed by atoms with Gasteiger partial charge < -0.3 is 10.0 Å². The summed E-state index contributed by atoms with van der Waals surface area (Å²) >= 11 is 0. The van der Waals surface area contributed by atoms with Crippen molar-refractivity contribution in [2.75, 3.05) is 7.05 Å². The molecule has 1 aliphatic rings. The van der Waals surface area contributed by atoms with E-state index in [0.717, 1.165) is 24.1 Å². The van der Waals surface area contributed by atoms with E-state index in [-0.39, 0.29) is 18.0 Å². The normalized spacial score (nSPS) is 15.2. The molecule has 6 heteroatoms. The van der Waals surface area contributed by atoms with Crippen molar-refractivity contribution in [3.05, 3.63) is 53.3 Å². The number of carbonyl (C=O) groups excluding carboxylic acids is 1. The molecule has 2 aromatic rings. The highest BCUT2D eigenvalue weighted by Gasteiger charge is 2.31. The number of hydrogen-bond donors (Lipinski definition) is 2. The molecule has 1 fully saturated rings. The molecule has 1 saturated carbocycles. The number of aromatic nitrogens is 2. The summed E-state index contributed by atoms with van der Waals surface area (Å²) in [5.74, 6) is -0.937. The van der Waals surface area contributed by atoms with Crippen molar-refractivity contribution in [1.82, 2.24) is 15.1 Å². The van der Waals surface area contributed by atoms with E-state index >= 15 is 0 Å². The van der Waals surface area contributed by atoms with Crippen LogP contribution in [0.3, 0.4) is 0 Å². The first-order valence-electron chi connectivity index (χ1n) is 7.65. The van der Waals surface area contributed by atoms with Gasteiger partial charge in [-0.1, -0.05) is 30.3 Å². The summed E-state index contributed by atoms with van der Waals surface area (Å²) in [5.41, 5.74) is 2.10. The van der Waals surface area contributed by atoms with Crippen LogP contribution in [-0.2, 0) is 11.2 Å². The zero-order chi connectivity index (χ0) is 16.4. The lowest BCUT2D eigenvalue weighted by atomic mass is 10.0. The Hall–Kier alpha value is -2.63. The third kappa shape index (κ3) is 3.41. The molecule has 1 unspecified atom stereocenters. The zero-order valence-electron chi connectivity index (χ0n) is 12.9. The van der Waals surface area contributed by atoms with Crippen LogP contribution in [0, 0.1) is 0 Å². The maximum Gasteiger partial charge on any atom is 0.326 e. The molecule has 1 amide bonds. The Morgan fingerprint density at radius 1 is 1.35 bits per heavy atom. The van der Waals surface area contributed by atoms with E-state index in [1.54, 1.807) is 6.07 Å². The van der Waals surface area contributed by atoms with Gasteiger partial charge in [-0.3, -0.25) is 9.89 Å². The lowest BCUT2D eigenvalue weighted by molar-refractivity contribution is -0.141. The van der Waals surface area contributed by atoms with Crippen LogP contribution in [0.5, 0.6) is 0 Å². The first kappa shape index (κ1) is 15.3. The molecule has 0 bridgehead atoms. The summed E-state index contributed by atoms with van der Waals surface area (Å²) in [7, 11) is 1.51. The number of aromatic amines is 1. The Kier molecular flexibility index (Phi) is 4.14. The average Bonchev–Trinajstić information content (AvgIpc) is 3.29. The number of benzene rings is 1. The minimum atomic E-state index is -1.03. The Labute approximate surface area is 134 Å². The van der Waals surface area contributed by atoms with Crippen LogP contribution in [0.25, 0.3) is 0 Å². The molecule has 1 atom stereocenters. The molecule has 6 nitrogen and oxygen atoms in total. The number of carbonyl (C=O) groups is 2. The monoisotopic (exact) mass is 313 g/mol. The fourth-order valence-corrected chi connectivity index (χ4v) is 2.60. The number of hydrogen-bond acceptors (Lipinski definition) is 3. The van der Waals surface area contributed by atoms with Crippen LogP contribution < -0.4 is 0 Å². The van der Waals surface area contributed by atoms with Crippen LogP contribution in [0.4, 0.5) is 0 Å². The van der Waals surface area contributed by atoms with Gasteiger partial charge in [-0.2, -0.15) is 5.10 Å². The van der Waals surface area contributed by atoms with E-state index in [2.05, 4.69) is 10.2 Å². The van der Waals surface area contributed by atoms with E-state index < -0.39 is 12.0 Å². The minimum Gasteiger partial charge on any atom is -0.480 e. The van der Waals surface area contributed by atoms with Gasteiger partial charge >= 0.3 is 5.97 Å². The van der Waals surface area contributed by atoms with Gasteiger partial charge in [0.05, 0.1) is 0 Å². The number of carboxylic acids is 1. The molecule has 120 valence electrons. The van der Waals surface area contributed by atoms with Crippen LogP contribution in [-0.4, -0.2) is 45.2 Å². The molecule has 1 heterocycles. The van der Waals surface area contributed by atoms with Crippen molar-refractivity contribution in [2.45, 2.75) is 31.2 Å². The van der Waals surface area contributed by atoms with Crippen LogP contribution in [0.2, 0.25) is 0 Å². The van der Waals surface area contributed by atoms with Crippen LogP contribution in [0.15, 0.2) is 36.4 Å². The lowest BCUT2D eigenvalue weighted by Gasteiger charge is -2.24. The molecular weight excluding hydrogens is 294 g/mol. The third-order valence-electron chi connectivity index (χ3n) is 4.18. The van der Waals surface area contributed by atoms with Crippen molar-refractivity contribution in [3.63, 3.8) is 0 Å². The fourth-order valence-electron chi connectivity index (χ4n) is 2.60. The van der Waals surface area contributed by atoms with Crippen molar-refractivity contribution >= 4 is 11.9 Å². The molecule has 0 spiro atoms. The van der Waals surface area contributed by atoms with E-state index in [1.165, 1.54) is 11.9 Å². The molecule has 0 radical (unpaired) electrons. The molecule has 23 heavy (non-hydrogen) atoms. The highest BCUT2D eigenvalue weighted by atomic mass is 16.4. The molecule has 1 aliphatic carbocycles. The summed E-state index contributed by atoms with van der Waals surface area (Å²) in [4.78, 5) is 25.4. The van der Waals surface area contributed by atoms with Gasteiger partial charge in [0.1, 0.15) is 11.7 Å². The first-order valence-corrected chi connectivity index (χ1v) is 7.65.